The molecule has 0 bridgehead atoms. The number of rotatable bonds is 7. The van der Waals surface area contributed by atoms with E-state index in [2.05, 4.69) is 29.6 Å². The lowest BCUT2D eigenvalue weighted by Gasteiger charge is -2.14. The van der Waals surface area contributed by atoms with Gasteiger partial charge in [-0.25, -0.2) is 4.79 Å². The molecule has 0 unspecified atom stereocenters. The molecule has 1 saturated heterocycles. The van der Waals surface area contributed by atoms with Crippen molar-refractivity contribution in [1.82, 2.24) is 0 Å². The van der Waals surface area contributed by atoms with Crippen molar-refractivity contribution in [1.29, 1.82) is 0 Å². The van der Waals surface area contributed by atoms with Crippen LogP contribution < -0.4 is 16.0 Å². The van der Waals surface area contributed by atoms with Gasteiger partial charge in [-0.1, -0.05) is 48.5 Å². The Morgan fingerprint density at radius 2 is 1.85 bits per heavy atom. The van der Waals surface area contributed by atoms with Crippen molar-refractivity contribution >= 4 is 23.4 Å². The Bertz CT molecular complexity index is 1160. The van der Waals surface area contributed by atoms with E-state index in [1.165, 1.54) is 16.0 Å². The second-order valence-corrected chi connectivity index (χ2v) is 8.87. The van der Waals surface area contributed by atoms with Gasteiger partial charge in [-0.3, -0.25) is 9.69 Å². The maximum Gasteiger partial charge on any atom is 0.414 e. The second-order valence-electron chi connectivity index (χ2n) is 8.87. The fourth-order valence-corrected chi connectivity index (χ4v) is 4.51. The lowest BCUT2D eigenvalue weighted by molar-refractivity contribution is 0.102. The van der Waals surface area contributed by atoms with E-state index in [0.29, 0.717) is 30.3 Å². The van der Waals surface area contributed by atoms with Crippen LogP contribution in [0.2, 0.25) is 0 Å². The van der Waals surface area contributed by atoms with Crippen molar-refractivity contribution < 1.29 is 14.3 Å². The highest BCUT2D eigenvalue weighted by atomic mass is 16.6. The highest BCUT2D eigenvalue weighted by molar-refractivity contribution is 6.05. The van der Waals surface area contributed by atoms with E-state index in [1.807, 2.05) is 30.3 Å². The van der Waals surface area contributed by atoms with E-state index in [0.717, 1.165) is 24.9 Å². The minimum atomic E-state index is -0.386. The van der Waals surface area contributed by atoms with Crippen molar-refractivity contribution in [2.24, 2.45) is 5.73 Å². The zero-order valence-electron chi connectivity index (χ0n) is 18.4. The van der Waals surface area contributed by atoms with Crippen LogP contribution in [0.15, 0.2) is 78.9 Å². The summed E-state index contributed by atoms with van der Waals surface area (Å²) in [7, 11) is 0. The molecule has 5 rings (SSSR count). The number of anilines is 2. The Hall–Kier alpha value is -3.64. The molecule has 33 heavy (non-hydrogen) atoms. The Morgan fingerprint density at radius 1 is 1.06 bits per heavy atom. The molecule has 2 atom stereocenters. The van der Waals surface area contributed by atoms with Gasteiger partial charge in [-0.05, 0) is 60.7 Å². The summed E-state index contributed by atoms with van der Waals surface area (Å²) in [5.41, 5.74) is 10.9. The van der Waals surface area contributed by atoms with Gasteiger partial charge in [0.1, 0.15) is 6.61 Å². The standard InChI is InChI=1S/C27H27N3O3/c28-27(14-13-19-5-2-1-3-6-19)18-24(27)20-9-11-22(12-10-20)29-25(31)21-7-4-8-23(17-21)30-15-16-33-26(30)32/h1-12,17,24H,13-16,18,28H2,(H,29,31)/t24-,27+/m0/s1. The van der Waals surface area contributed by atoms with Gasteiger partial charge < -0.3 is 15.8 Å². The highest BCUT2D eigenvalue weighted by Gasteiger charge is 2.50. The van der Waals surface area contributed by atoms with Crippen LogP contribution >= 0.6 is 0 Å². The van der Waals surface area contributed by atoms with E-state index in [9.17, 15) is 9.59 Å². The smallest absolute Gasteiger partial charge is 0.414 e. The summed E-state index contributed by atoms with van der Waals surface area (Å²) in [6.45, 7) is 0.847. The van der Waals surface area contributed by atoms with Crippen LogP contribution in [0.5, 0.6) is 0 Å². The lowest BCUT2D eigenvalue weighted by Crippen LogP contribution is -2.25. The minimum absolute atomic E-state index is 0.155. The molecule has 0 radical (unpaired) electrons. The summed E-state index contributed by atoms with van der Waals surface area (Å²) in [4.78, 5) is 26.1. The van der Waals surface area contributed by atoms with Crippen molar-refractivity contribution in [3.8, 4) is 0 Å². The van der Waals surface area contributed by atoms with Crippen LogP contribution in [0.3, 0.4) is 0 Å². The maximum absolute atomic E-state index is 12.8. The number of ether oxygens (including phenoxy) is 1. The van der Waals surface area contributed by atoms with E-state index in [1.54, 1.807) is 24.3 Å². The largest absolute Gasteiger partial charge is 0.447 e. The third-order valence-corrected chi connectivity index (χ3v) is 6.59. The lowest BCUT2D eigenvalue weighted by atomic mass is 9.99. The first kappa shape index (κ1) is 21.2. The molecule has 6 heteroatoms. The molecule has 2 aliphatic rings. The molecule has 3 aromatic carbocycles. The second kappa shape index (κ2) is 8.71. The quantitative estimate of drug-likeness (QED) is 0.556. The predicted octanol–water partition coefficient (Wildman–Crippen LogP) is 4.71. The molecule has 0 aromatic heterocycles. The highest BCUT2D eigenvalue weighted by Crippen LogP contribution is 2.52. The van der Waals surface area contributed by atoms with E-state index in [-0.39, 0.29) is 17.5 Å². The third-order valence-electron chi connectivity index (χ3n) is 6.59. The molecular weight excluding hydrogens is 414 g/mol. The number of nitrogens with zero attached hydrogens (tertiary/aromatic N) is 1. The van der Waals surface area contributed by atoms with Crippen LogP contribution in [0, 0.1) is 0 Å². The van der Waals surface area contributed by atoms with Gasteiger partial charge in [0.25, 0.3) is 5.91 Å². The third kappa shape index (κ3) is 4.61. The van der Waals surface area contributed by atoms with Crippen LogP contribution in [0.1, 0.15) is 40.2 Å². The summed E-state index contributed by atoms with van der Waals surface area (Å²) in [6, 6.07) is 25.4. The van der Waals surface area contributed by atoms with E-state index in [4.69, 9.17) is 10.5 Å². The summed E-state index contributed by atoms with van der Waals surface area (Å²) in [6.07, 6.45) is 2.54. The first-order chi connectivity index (χ1) is 16.0. The number of nitrogens with two attached hydrogens (primary N) is 1. The Morgan fingerprint density at radius 3 is 2.58 bits per heavy atom. The van der Waals surface area contributed by atoms with Crippen LogP contribution in [0.25, 0.3) is 0 Å². The summed E-state index contributed by atoms with van der Waals surface area (Å²) in [5, 5.41) is 2.94. The van der Waals surface area contributed by atoms with Crippen LogP contribution in [-0.4, -0.2) is 30.7 Å². The number of aryl methyl sites for hydroxylation is 1. The normalized spacial score (nSPS) is 21.5. The molecule has 1 aliphatic carbocycles. The SMILES string of the molecule is N[C@]1(CCc2ccccc2)C[C@H]1c1ccc(NC(=O)c2cccc(N3CCOC3=O)c2)cc1. The van der Waals surface area contributed by atoms with Crippen molar-refractivity contribution in [3.05, 3.63) is 95.6 Å². The van der Waals surface area contributed by atoms with Crippen molar-refractivity contribution in [3.63, 3.8) is 0 Å². The summed E-state index contributed by atoms with van der Waals surface area (Å²) in [5.74, 6) is 0.127. The topological polar surface area (TPSA) is 84.7 Å². The van der Waals surface area contributed by atoms with Gasteiger partial charge in [0.05, 0.1) is 6.54 Å². The van der Waals surface area contributed by atoms with E-state index >= 15 is 0 Å². The van der Waals surface area contributed by atoms with Gasteiger partial charge in [0.2, 0.25) is 0 Å². The average molecular weight is 442 g/mol. The molecule has 2 amide bonds. The monoisotopic (exact) mass is 441 g/mol. The van der Waals surface area contributed by atoms with Gasteiger partial charge in [0, 0.05) is 28.4 Å². The van der Waals surface area contributed by atoms with E-state index < -0.39 is 0 Å². The van der Waals surface area contributed by atoms with Crippen LogP contribution in [0.4, 0.5) is 16.2 Å². The number of cyclic esters (lactones) is 1. The van der Waals surface area contributed by atoms with Crippen LogP contribution in [-0.2, 0) is 11.2 Å². The number of benzene rings is 3. The van der Waals surface area contributed by atoms with Crippen molar-refractivity contribution in [2.75, 3.05) is 23.4 Å². The number of hydrogen-bond acceptors (Lipinski definition) is 4. The van der Waals surface area contributed by atoms with Crippen molar-refractivity contribution in [2.45, 2.75) is 30.7 Å². The molecule has 1 saturated carbocycles. The molecule has 6 nitrogen and oxygen atoms in total. The molecule has 0 spiro atoms. The predicted molar refractivity (Wildman–Crippen MR) is 129 cm³/mol. The molecule has 3 N–H and O–H groups in total. The van der Waals surface area contributed by atoms with Gasteiger partial charge >= 0.3 is 6.09 Å². The number of hydrogen-bond donors (Lipinski definition) is 2. The van der Waals surface area contributed by atoms with Gasteiger partial charge in [0.15, 0.2) is 0 Å². The zero-order valence-corrected chi connectivity index (χ0v) is 18.4. The fraction of sp³-hybridized carbons (Fsp3) is 0.259. The molecule has 168 valence electrons. The maximum atomic E-state index is 12.8. The molecule has 1 heterocycles. The molecular formula is C27H27N3O3. The Labute approximate surface area is 193 Å². The number of amides is 2. The Kier molecular flexibility index (Phi) is 5.60. The minimum Gasteiger partial charge on any atom is -0.447 e. The number of carbonyl (C=O) groups excluding carboxylic acids is 2. The zero-order chi connectivity index (χ0) is 22.8. The molecule has 1 aliphatic heterocycles. The van der Waals surface area contributed by atoms with Gasteiger partial charge in [-0.2, -0.15) is 0 Å². The molecule has 3 aromatic rings. The first-order valence-corrected chi connectivity index (χ1v) is 11.3. The first-order valence-electron chi connectivity index (χ1n) is 11.3. The summed E-state index contributed by atoms with van der Waals surface area (Å²) < 4.78 is 4.98. The number of carbonyl (C=O) groups is 2. The average Bonchev–Trinajstić information content (AvgIpc) is 3.33. The number of nitrogens with one attached hydrogen (secondary N) is 1. The summed E-state index contributed by atoms with van der Waals surface area (Å²) >= 11 is 0. The fourth-order valence-electron chi connectivity index (χ4n) is 4.51. The Balaban J connectivity index is 1.19. The molecule has 2 fully saturated rings. The van der Waals surface area contributed by atoms with Gasteiger partial charge in [-0.15, -0.1) is 0 Å².